The van der Waals surface area contributed by atoms with Crippen LogP contribution in [0.15, 0.2) is 0 Å². The average Bonchev–Trinajstić information content (AvgIpc) is 2.85. The lowest BCUT2D eigenvalue weighted by Crippen LogP contribution is -2.31. The Morgan fingerprint density at radius 2 is 1.86 bits per heavy atom. The van der Waals surface area contributed by atoms with E-state index in [4.69, 9.17) is 4.74 Å². The molecule has 1 aliphatic carbocycles. The summed E-state index contributed by atoms with van der Waals surface area (Å²) in [4.78, 5) is 11.3. The van der Waals surface area contributed by atoms with E-state index in [1.165, 1.54) is 7.11 Å². The van der Waals surface area contributed by atoms with Crippen LogP contribution in [-0.4, -0.2) is 24.8 Å². The number of esters is 1. The van der Waals surface area contributed by atoms with Crippen molar-refractivity contribution in [2.75, 3.05) is 7.11 Å². The minimum absolute atomic E-state index is 0.150. The van der Waals surface area contributed by atoms with E-state index in [0.29, 0.717) is 5.41 Å². The summed E-state index contributed by atoms with van der Waals surface area (Å²) in [6.45, 7) is 4.55. The third-order valence-corrected chi connectivity index (χ3v) is 3.64. The third kappa shape index (κ3) is 1.54. The topological polar surface area (TPSA) is 38.8 Å². The quantitative estimate of drug-likeness (QED) is 0.477. The van der Waals surface area contributed by atoms with Gasteiger partial charge in [0, 0.05) is 0 Å². The molecule has 0 aromatic carbocycles. The van der Waals surface area contributed by atoms with Crippen molar-refractivity contribution in [3.63, 3.8) is 0 Å². The van der Waals surface area contributed by atoms with Gasteiger partial charge in [0.15, 0.2) is 6.10 Å². The van der Waals surface area contributed by atoms with E-state index in [1.807, 2.05) is 0 Å². The van der Waals surface area contributed by atoms with Crippen molar-refractivity contribution in [2.45, 2.75) is 51.2 Å². The van der Waals surface area contributed by atoms with Gasteiger partial charge in [-0.1, -0.05) is 13.8 Å². The fourth-order valence-electron chi connectivity index (χ4n) is 2.30. The van der Waals surface area contributed by atoms with Gasteiger partial charge in [-0.05, 0) is 31.1 Å². The molecule has 1 saturated carbocycles. The summed E-state index contributed by atoms with van der Waals surface area (Å²) in [5.74, 6) is -0.204. The van der Waals surface area contributed by atoms with E-state index in [1.54, 1.807) is 0 Å². The molecule has 1 heterocycles. The zero-order valence-corrected chi connectivity index (χ0v) is 9.13. The SMILES string of the molecule is COC(=O)C1OC12CCC(C)(C)CC2. The second-order valence-electron chi connectivity index (χ2n) is 5.25. The molecule has 1 spiro atoms. The van der Waals surface area contributed by atoms with Crippen LogP contribution in [0.3, 0.4) is 0 Å². The Labute approximate surface area is 84.8 Å². The summed E-state index contributed by atoms with van der Waals surface area (Å²) in [7, 11) is 1.42. The monoisotopic (exact) mass is 198 g/mol. The van der Waals surface area contributed by atoms with Gasteiger partial charge in [0.05, 0.1) is 7.11 Å². The van der Waals surface area contributed by atoms with Crippen molar-refractivity contribution in [3.05, 3.63) is 0 Å². The normalized spacial score (nSPS) is 32.6. The van der Waals surface area contributed by atoms with Crippen LogP contribution in [0.2, 0.25) is 0 Å². The Bertz CT molecular complexity index is 247. The summed E-state index contributed by atoms with van der Waals surface area (Å²) >= 11 is 0. The Hall–Kier alpha value is -0.570. The van der Waals surface area contributed by atoms with Crippen molar-refractivity contribution in [2.24, 2.45) is 5.41 Å². The van der Waals surface area contributed by atoms with E-state index < -0.39 is 0 Å². The van der Waals surface area contributed by atoms with E-state index in [-0.39, 0.29) is 17.7 Å². The number of ether oxygens (including phenoxy) is 2. The van der Waals surface area contributed by atoms with Crippen molar-refractivity contribution in [1.29, 1.82) is 0 Å². The molecule has 1 atom stereocenters. The molecule has 0 aromatic rings. The lowest BCUT2D eigenvalue weighted by Gasteiger charge is -2.32. The maximum absolute atomic E-state index is 11.3. The van der Waals surface area contributed by atoms with Gasteiger partial charge in [0.2, 0.25) is 0 Å². The van der Waals surface area contributed by atoms with Crippen LogP contribution >= 0.6 is 0 Å². The first-order chi connectivity index (χ1) is 6.49. The van der Waals surface area contributed by atoms with Gasteiger partial charge >= 0.3 is 5.97 Å². The zero-order chi connectivity index (χ0) is 10.4. The first kappa shape index (κ1) is 9.97. The second kappa shape index (κ2) is 2.96. The molecule has 3 heteroatoms. The number of hydrogen-bond acceptors (Lipinski definition) is 3. The van der Waals surface area contributed by atoms with Gasteiger partial charge in [0.25, 0.3) is 0 Å². The first-order valence-electron chi connectivity index (χ1n) is 5.25. The second-order valence-corrected chi connectivity index (χ2v) is 5.25. The highest BCUT2D eigenvalue weighted by molar-refractivity contribution is 5.79. The summed E-state index contributed by atoms with van der Waals surface area (Å²) in [5, 5.41) is 0. The Morgan fingerprint density at radius 1 is 1.29 bits per heavy atom. The fourth-order valence-corrected chi connectivity index (χ4v) is 2.30. The van der Waals surface area contributed by atoms with Crippen molar-refractivity contribution >= 4 is 5.97 Å². The van der Waals surface area contributed by atoms with Crippen LogP contribution in [0.4, 0.5) is 0 Å². The molecule has 0 bridgehead atoms. The number of methoxy groups -OCH3 is 1. The molecule has 2 aliphatic rings. The Balaban J connectivity index is 1.94. The molecule has 1 saturated heterocycles. The number of rotatable bonds is 1. The largest absolute Gasteiger partial charge is 0.467 e. The maximum atomic E-state index is 11.3. The lowest BCUT2D eigenvalue weighted by atomic mass is 9.72. The predicted molar refractivity (Wildman–Crippen MR) is 51.9 cm³/mol. The molecular formula is C11H18O3. The Morgan fingerprint density at radius 3 is 2.36 bits per heavy atom. The highest BCUT2D eigenvalue weighted by Crippen LogP contribution is 2.53. The van der Waals surface area contributed by atoms with Gasteiger partial charge in [0.1, 0.15) is 5.60 Å². The van der Waals surface area contributed by atoms with E-state index in [2.05, 4.69) is 18.6 Å². The third-order valence-electron chi connectivity index (χ3n) is 3.64. The van der Waals surface area contributed by atoms with Crippen molar-refractivity contribution in [1.82, 2.24) is 0 Å². The van der Waals surface area contributed by atoms with Gasteiger partial charge in [-0.2, -0.15) is 0 Å². The first-order valence-corrected chi connectivity index (χ1v) is 5.25. The van der Waals surface area contributed by atoms with E-state index in [9.17, 15) is 4.79 Å². The number of hydrogen-bond donors (Lipinski definition) is 0. The molecule has 80 valence electrons. The Kier molecular flexibility index (Phi) is 2.11. The molecule has 1 aliphatic heterocycles. The van der Waals surface area contributed by atoms with E-state index in [0.717, 1.165) is 25.7 Å². The number of carbonyl (C=O) groups excluding carboxylic acids is 1. The van der Waals surface area contributed by atoms with Gasteiger partial charge in [-0.25, -0.2) is 4.79 Å². The molecule has 0 amide bonds. The molecular weight excluding hydrogens is 180 g/mol. The van der Waals surface area contributed by atoms with Crippen LogP contribution in [0, 0.1) is 5.41 Å². The highest BCUT2D eigenvalue weighted by Gasteiger charge is 2.62. The van der Waals surface area contributed by atoms with Gasteiger partial charge < -0.3 is 9.47 Å². The fraction of sp³-hybridized carbons (Fsp3) is 0.909. The summed E-state index contributed by atoms with van der Waals surface area (Å²) in [6, 6.07) is 0. The molecule has 0 N–H and O–H groups in total. The van der Waals surface area contributed by atoms with Crippen LogP contribution in [0.25, 0.3) is 0 Å². The lowest BCUT2D eigenvalue weighted by molar-refractivity contribution is -0.142. The van der Waals surface area contributed by atoms with Crippen molar-refractivity contribution in [3.8, 4) is 0 Å². The van der Waals surface area contributed by atoms with Crippen LogP contribution in [-0.2, 0) is 14.3 Å². The minimum atomic E-state index is -0.274. The number of carbonyl (C=O) groups is 1. The molecule has 3 nitrogen and oxygen atoms in total. The number of epoxide rings is 1. The molecule has 2 rings (SSSR count). The predicted octanol–water partition coefficient (Wildman–Crippen LogP) is 1.90. The van der Waals surface area contributed by atoms with E-state index >= 15 is 0 Å². The van der Waals surface area contributed by atoms with Gasteiger partial charge in [-0.15, -0.1) is 0 Å². The van der Waals surface area contributed by atoms with Crippen molar-refractivity contribution < 1.29 is 14.3 Å². The molecule has 2 fully saturated rings. The minimum Gasteiger partial charge on any atom is -0.467 e. The van der Waals surface area contributed by atoms with Crippen LogP contribution in [0.1, 0.15) is 39.5 Å². The summed E-state index contributed by atoms with van der Waals surface area (Å²) in [5.41, 5.74) is 0.264. The van der Waals surface area contributed by atoms with Crippen LogP contribution < -0.4 is 0 Å². The molecule has 0 radical (unpaired) electrons. The standard InChI is InChI=1S/C11H18O3/c1-10(2)4-6-11(7-5-10)8(14-11)9(12)13-3/h8H,4-7H2,1-3H3. The molecule has 14 heavy (non-hydrogen) atoms. The highest BCUT2D eigenvalue weighted by atomic mass is 16.7. The zero-order valence-electron chi connectivity index (χ0n) is 9.13. The summed E-state index contributed by atoms with van der Waals surface area (Å²) in [6.07, 6.45) is 4.00. The molecule has 1 unspecified atom stereocenters. The summed E-state index contributed by atoms with van der Waals surface area (Å²) < 4.78 is 10.2. The smallest absolute Gasteiger partial charge is 0.338 e. The van der Waals surface area contributed by atoms with Gasteiger partial charge in [-0.3, -0.25) is 0 Å². The van der Waals surface area contributed by atoms with Crippen LogP contribution in [0.5, 0.6) is 0 Å². The maximum Gasteiger partial charge on any atom is 0.338 e. The average molecular weight is 198 g/mol. The molecule has 0 aromatic heterocycles.